The van der Waals surface area contributed by atoms with Gasteiger partial charge in [0.05, 0.1) is 34.1 Å². The highest BCUT2D eigenvalue weighted by Gasteiger charge is 2.59. The predicted molar refractivity (Wildman–Crippen MR) is 116 cm³/mol. The molecule has 0 bridgehead atoms. The van der Waals surface area contributed by atoms with Gasteiger partial charge >= 0.3 is 6.09 Å². The maximum absolute atomic E-state index is 11.7. The molecule has 4 heterocycles. The average molecular weight is 417 g/mol. The molecule has 5 rings (SSSR count). The molecule has 1 aromatic carbocycles. The molecule has 2 aliphatic heterocycles. The van der Waals surface area contributed by atoms with Crippen molar-refractivity contribution >= 4 is 23.1 Å². The molecule has 7 heteroatoms. The Morgan fingerprint density at radius 2 is 2.10 bits per heavy atom. The van der Waals surface area contributed by atoms with Gasteiger partial charge in [0.1, 0.15) is 6.07 Å². The van der Waals surface area contributed by atoms with Gasteiger partial charge in [-0.05, 0) is 29.5 Å². The van der Waals surface area contributed by atoms with Crippen molar-refractivity contribution in [3.8, 4) is 16.6 Å². The number of likely N-dealkylation sites (tertiary alicyclic amines) is 1. The molecular weight excluding hydrogens is 396 g/mol. The van der Waals surface area contributed by atoms with Gasteiger partial charge in [-0.25, -0.2) is 4.79 Å². The monoisotopic (exact) mass is 416 g/mol. The van der Waals surface area contributed by atoms with E-state index in [1.165, 1.54) is 10.5 Å². The minimum absolute atomic E-state index is 0.0785. The van der Waals surface area contributed by atoms with Crippen LogP contribution < -0.4 is 4.90 Å². The van der Waals surface area contributed by atoms with Crippen LogP contribution in [0.5, 0.6) is 0 Å². The SMILES string of the molecule is N#Cc1cc(N2C[C@@]3(Cc4ccccc4)CN(C(=O)O)C[C@@H]23)cnc1-c1cccs1. The van der Waals surface area contributed by atoms with Crippen molar-refractivity contribution < 1.29 is 9.90 Å². The normalized spacial score (nSPS) is 22.3. The lowest BCUT2D eigenvalue weighted by molar-refractivity contribution is 0.144. The Hall–Kier alpha value is -3.37. The summed E-state index contributed by atoms with van der Waals surface area (Å²) in [7, 11) is 0. The van der Waals surface area contributed by atoms with Gasteiger partial charge in [-0.2, -0.15) is 5.26 Å². The van der Waals surface area contributed by atoms with Gasteiger partial charge in [0.2, 0.25) is 0 Å². The Balaban J connectivity index is 1.45. The van der Waals surface area contributed by atoms with Crippen molar-refractivity contribution in [3.05, 3.63) is 71.2 Å². The topological polar surface area (TPSA) is 80.5 Å². The van der Waals surface area contributed by atoms with Crippen LogP contribution >= 0.6 is 11.3 Å². The van der Waals surface area contributed by atoms with Gasteiger partial charge in [0, 0.05) is 25.0 Å². The minimum Gasteiger partial charge on any atom is -0.465 e. The highest BCUT2D eigenvalue weighted by Crippen LogP contribution is 2.48. The third-order valence-electron chi connectivity index (χ3n) is 6.22. The fourth-order valence-electron chi connectivity index (χ4n) is 4.83. The Labute approximate surface area is 178 Å². The number of amides is 1. The molecule has 3 aromatic rings. The van der Waals surface area contributed by atoms with Crippen molar-refractivity contribution in [2.24, 2.45) is 5.41 Å². The molecule has 2 aromatic heterocycles. The number of carbonyl (C=O) groups is 1. The number of benzene rings is 1. The van der Waals surface area contributed by atoms with Crippen molar-refractivity contribution in [3.63, 3.8) is 0 Å². The number of pyridine rings is 1. The second kappa shape index (κ2) is 7.15. The van der Waals surface area contributed by atoms with Crippen LogP contribution in [0.1, 0.15) is 11.1 Å². The maximum Gasteiger partial charge on any atom is 0.407 e. The van der Waals surface area contributed by atoms with Gasteiger partial charge in [-0.1, -0.05) is 36.4 Å². The van der Waals surface area contributed by atoms with E-state index in [1.54, 1.807) is 11.3 Å². The van der Waals surface area contributed by atoms with E-state index in [0.29, 0.717) is 24.3 Å². The summed E-state index contributed by atoms with van der Waals surface area (Å²) in [4.78, 5) is 21.0. The number of carboxylic acid groups (broad SMARTS) is 1. The highest BCUT2D eigenvalue weighted by molar-refractivity contribution is 7.13. The molecule has 0 spiro atoms. The first-order valence-corrected chi connectivity index (χ1v) is 10.7. The van der Waals surface area contributed by atoms with Crippen LogP contribution in [-0.4, -0.2) is 46.8 Å². The van der Waals surface area contributed by atoms with Crippen LogP contribution in [0.4, 0.5) is 10.5 Å². The Morgan fingerprint density at radius 1 is 1.27 bits per heavy atom. The lowest BCUT2D eigenvalue weighted by Crippen LogP contribution is -2.65. The Morgan fingerprint density at radius 3 is 2.80 bits per heavy atom. The molecule has 150 valence electrons. The van der Waals surface area contributed by atoms with Crippen LogP contribution in [0.2, 0.25) is 0 Å². The van der Waals surface area contributed by atoms with E-state index in [-0.39, 0.29) is 11.5 Å². The van der Waals surface area contributed by atoms with E-state index < -0.39 is 6.09 Å². The largest absolute Gasteiger partial charge is 0.465 e. The fourth-order valence-corrected chi connectivity index (χ4v) is 5.56. The first-order valence-electron chi connectivity index (χ1n) is 9.82. The summed E-state index contributed by atoms with van der Waals surface area (Å²) in [6.45, 7) is 1.75. The number of rotatable bonds is 4. The van der Waals surface area contributed by atoms with E-state index in [4.69, 9.17) is 0 Å². The van der Waals surface area contributed by atoms with Gasteiger partial charge in [-0.3, -0.25) is 4.98 Å². The highest BCUT2D eigenvalue weighted by atomic mass is 32.1. The summed E-state index contributed by atoms with van der Waals surface area (Å²) in [6.07, 6.45) is 1.77. The van der Waals surface area contributed by atoms with E-state index in [1.807, 2.05) is 48.0 Å². The molecule has 2 aliphatic rings. The number of hydrogen-bond acceptors (Lipinski definition) is 5. The number of hydrogen-bond donors (Lipinski definition) is 1. The van der Waals surface area contributed by atoms with Gasteiger partial charge in [0.25, 0.3) is 0 Å². The molecule has 6 nitrogen and oxygen atoms in total. The Kier molecular flexibility index (Phi) is 4.44. The molecule has 0 saturated carbocycles. The smallest absolute Gasteiger partial charge is 0.407 e. The van der Waals surface area contributed by atoms with Crippen molar-refractivity contribution in [1.29, 1.82) is 5.26 Å². The lowest BCUT2D eigenvalue weighted by Gasteiger charge is -2.54. The van der Waals surface area contributed by atoms with Crippen LogP contribution in [0.15, 0.2) is 60.1 Å². The number of fused-ring (bicyclic) bond motifs is 1. The molecule has 0 unspecified atom stereocenters. The number of thiophene rings is 1. The zero-order valence-electron chi connectivity index (χ0n) is 16.2. The standard InChI is InChI=1S/C23H20N4O2S/c24-11-17-9-18(12-25-21(17)19-7-4-8-30-19)27-15-23(10-16-5-2-1-3-6-16)14-26(22(28)29)13-20(23)27/h1-9,12,20H,10,13-15H2,(H,28,29)/t20-,23-/m1/s1. The second-order valence-corrected chi connectivity index (χ2v) is 8.96. The van der Waals surface area contributed by atoms with Crippen LogP contribution in [0, 0.1) is 16.7 Å². The van der Waals surface area contributed by atoms with E-state index in [0.717, 1.165) is 23.5 Å². The summed E-state index contributed by atoms with van der Waals surface area (Å²) in [5, 5.41) is 21.2. The van der Waals surface area contributed by atoms with E-state index >= 15 is 0 Å². The summed E-state index contributed by atoms with van der Waals surface area (Å²) >= 11 is 1.56. The summed E-state index contributed by atoms with van der Waals surface area (Å²) in [6, 6.07) is 18.4. The van der Waals surface area contributed by atoms with Gasteiger partial charge in [-0.15, -0.1) is 11.3 Å². The number of nitrogens with zero attached hydrogens (tertiary/aromatic N) is 4. The van der Waals surface area contributed by atoms with Crippen LogP contribution in [-0.2, 0) is 6.42 Å². The van der Waals surface area contributed by atoms with Crippen LogP contribution in [0.25, 0.3) is 10.6 Å². The molecular formula is C23H20N4O2S. The minimum atomic E-state index is -0.874. The number of aromatic nitrogens is 1. The third kappa shape index (κ3) is 3.01. The van der Waals surface area contributed by atoms with Crippen molar-refractivity contribution in [2.45, 2.75) is 12.5 Å². The maximum atomic E-state index is 11.7. The first kappa shape index (κ1) is 18.6. The molecule has 0 aliphatic carbocycles. The Bertz CT molecular complexity index is 1130. The molecule has 1 amide bonds. The molecule has 2 saturated heterocycles. The zero-order valence-corrected chi connectivity index (χ0v) is 17.0. The number of anilines is 1. The van der Waals surface area contributed by atoms with Crippen molar-refractivity contribution in [2.75, 3.05) is 24.5 Å². The lowest BCUT2D eigenvalue weighted by atomic mass is 9.69. The van der Waals surface area contributed by atoms with E-state index in [2.05, 4.69) is 28.1 Å². The van der Waals surface area contributed by atoms with Gasteiger partial charge < -0.3 is 14.9 Å². The third-order valence-corrected chi connectivity index (χ3v) is 7.09. The molecule has 0 radical (unpaired) electrons. The fraction of sp³-hybridized carbons (Fsp3) is 0.261. The summed E-state index contributed by atoms with van der Waals surface area (Å²) < 4.78 is 0. The quantitative estimate of drug-likeness (QED) is 0.693. The molecule has 30 heavy (non-hydrogen) atoms. The first-order chi connectivity index (χ1) is 14.6. The van der Waals surface area contributed by atoms with Gasteiger partial charge in [0.15, 0.2) is 0 Å². The van der Waals surface area contributed by atoms with Crippen molar-refractivity contribution in [1.82, 2.24) is 9.88 Å². The summed E-state index contributed by atoms with van der Waals surface area (Å²) in [5.74, 6) is 0. The number of nitriles is 1. The molecule has 1 N–H and O–H groups in total. The summed E-state index contributed by atoms with van der Waals surface area (Å²) in [5.41, 5.74) is 3.24. The average Bonchev–Trinajstić information content (AvgIpc) is 3.37. The second-order valence-electron chi connectivity index (χ2n) is 8.01. The zero-order chi connectivity index (χ0) is 20.7. The predicted octanol–water partition coefficient (Wildman–Crippen LogP) is 4.09. The molecule has 2 atom stereocenters. The van der Waals surface area contributed by atoms with Crippen LogP contribution in [0.3, 0.4) is 0 Å². The van der Waals surface area contributed by atoms with E-state index in [9.17, 15) is 15.2 Å². The molecule has 2 fully saturated rings.